The first-order valence-corrected chi connectivity index (χ1v) is 7.91. The fraction of sp³-hybridized carbons (Fsp3) is 0.857. The molecule has 0 amide bonds. The van der Waals surface area contributed by atoms with Crippen molar-refractivity contribution in [2.24, 2.45) is 0 Å². The summed E-state index contributed by atoms with van der Waals surface area (Å²) in [6, 6.07) is 0. The normalized spacial score (nSPS) is 25.6. The Kier molecular flexibility index (Phi) is 7.67. The first kappa shape index (κ1) is 17.6. The van der Waals surface area contributed by atoms with Crippen LogP contribution in [0, 0.1) is 0 Å². The first-order chi connectivity index (χ1) is 9.36. The average molecular weight is 325 g/mol. The summed E-state index contributed by atoms with van der Waals surface area (Å²) in [5, 5.41) is -0.422. The summed E-state index contributed by atoms with van der Waals surface area (Å²) >= 11 is 11.5. The molecule has 0 bridgehead atoms. The van der Waals surface area contributed by atoms with Gasteiger partial charge in [-0.25, -0.2) is 0 Å². The minimum Gasteiger partial charge on any atom is -0.462 e. The molecule has 2 unspecified atom stereocenters. The van der Waals surface area contributed by atoms with Crippen molar-refractivity contribution in [3.05, 3.63) is 0 Å². The molecule has 1 rings (SSSR count). The number of carbonyl (C=O) groups excluding carboxylic acids is 2. The van der Waals surface area contributed by atoms with Crippen LogP contribution in [0.4, 0.5) is 0 Å². The highest BCUT2D eigenvalue weighted by atomic mass is 35.5. The fourth-order valence-corrected chi connectivity index (χ4v) is 2.45. The van der Waals surface area contributed by atoms with Crippen molar-refractivity contribution >= 4 is 35.1 Å². The van der Waals surface area contributed by atoms with Gasteiger partial charge < -0.3 is 9.47 Å². The molecule has 116 valence electrons. The summed E-state index contributed by atoms with van der Waals surface area (Å²) in [6.45, 7) is 3.52. The Labute approximate surface area is 130 Å². The molecule has 2 atom stereocenters. The first-order valence-electron chi connectivity index (χ1n) is 7.04. The third-order valence-corrected chi connectivity index (χ3v) is 3.42. The molecule has 20 heavy (non-hydrogen) atoms. The standard InChI is InChI=1S/C14H22Cl2O4/c1-9(15)7-13(17)19-11-3-5-12(6-4-11)20-14(18)8-10(2)16/h9-12H,3-8H2,1-2H3. The number of halogens is 2. The molecule has 4 nitrogen and oxygen atoms in total. The number of hydrogen-bond acceptors (Lipinski definition) is 4. The van der Waals surface area contributed by atoms with Crippen LogP contribution < -0.4 is 0 Å². The number of hydrogen-bond donors (Lipinski definition) is 0. The van der Waals surface area contributed by atoms with Gasteiger partial charge in [0.2, 0.25) is 0 Å². The van der Waals surface area contributed by atoms with Crippen molar-refractivity contribution < 1.29 is 19.1 Å². The minimum absolute atomic E-state index is 0.0835. The number of rotatable bonds is 6. The lowest BCUT2D eigenvalue weighted by atomic mass is 9.95. The molecule has 1 saturated carbocycles. The van der Waals surface area contributed by atoms with Crippen molar-refractivity contribution in [2.75, 3.05) is 0 Å². The Hall–Kier alpha value is -0.480. The second-order valence-electron chi connectivity index (χ2n) is 5.35. The molecule has 0 N–H and O–H groups in total. The molecular formula is C14H22Cl2O4. The summed E-state index contributed by atoms with van der Waals surface area (Å²) < 4.78 is 10.7. The van der Waals surface area contributed by atoms with Gasteiger partial charge in [0.25, 0.3) is 0 Å². The van der Waals surface area contributed by atoms with E-state index in [-0.39, 0.29) is 47.7 Å². The second-order valence-corrected chi connectivity index (χ2v) is 6.84. The van der Waals surface area contributed by atoms with Gasteiger partial charge in [-0.05, 0) is 39.5 Å². The Morgan fingerprint density at radius 3 is 1.45 bits per heavy atom. The zero-order valence-corrected chi connectivity index (χ0v) is 13.5. The third-order valence-electron chi connectivity index (χ3n) is 3.11. The smallest absolute Gasteiger partial charge is 0.307 e. The van der Waals surface area contributed by atoms with E-state index in [0.717, 1.165) is 25.7 Å². The Balaban J connectivity index is 2.23. The molecule has 6 heteroatoms. The van der Waals surface area contributed by atoms with E-state index in [0.29, 0.717) is 0 Å². The summed E-state index contributed by atoms with van der Waals surface area (Å²) in [5.74, 6) is -0.521. The lowest BCUT2D eigenvalue weighted by molar-refractivity contribution is -0.158. The molecule has 1 aliphatic carbocycles. The Morgan fingerprint density at radius 1 is 0.900 bits per heavy atom. The molecular weight excluding hydrogens is 303 g/mol. The molecule has 0 saturated heterocycles. The van der Waals surface area contributed by atoms with Crippen molar-refractivity contribution in [3.63, 3.8) is 0 Å². The van der Waals surface area contributed by atoms with Gasteiger partial charge in [-0.1, -0.05) is 0 Å². The zero-order chi connectivity index (χ0) is 15.1. The highest BCUT2D eigenvalue weighted by Crippen LogP contribution is 2.24. The van der Waals surface area contributed by atoms with Gasteiger partial charge in [0.15, 0.2) is 0 Å². The van der Waals surface area contributed by atoms with Gasteiger partial charge in [0, 0.05) is 10.8 Å². The molecule has 1 aliphatic rings. The molecule has 0 spiro atoms. The van der Waals surface area contributed by atoms with Gasteiger partial charge in [0.05, 0.1) is 12.8 Å². The fourth-order valence-electron chi connectivity index (χ4n) is 2.20. The lowest BCUT2D eigenvalue weighted by Gasteiger charge is -2.28. The number of alkyl halides is 2. The topological polar surface area (TPSA) is 52.6 Å². The number of carbonyl (C=O) groups is 2. The molecule has 0 radical (unpaired) electrons. The molecule has 0 heterocycles. The molecule has 0 aliphatic heterocycles. The predicted octanol–water partition coefficient (Wildman–Crippen LogP) is 3.42. The zero-order valence-electron chi connectivity index (χ0n) is 11.9. The van der Waals surface area contributed by atoms with E-state index in [9.17, 15) is 9.59 Å². The van der Waals surface area contributed by atoms with Gasteiger partial charge in [-0.3, -0.25) is 9.59 Å². The molecule has 0 aromatic heterocycles. The lowest BCUT2D eigenvalue weighted by Crippen LogP contribution is -2.30. The molecule has 0 aromatic carbocycles. The van der Waals surface area contributed by atoms with Crippen molar-refractivity contribution in [2.45, 2.75) is 75.3 Å². The Morgan fingerprint density at radius 2 is 1.20 bits per heavy atom. The maximum absolute atomic E-state index is 11.5. The quantitative estimate of drug-likeness (QED) is 0.555. The van der Waals surface area contributed by atoms with Gasteiger partial charge in [-0.15, -0.1) is 23.2 Å². The van der Waals surface area contributed by atoms with Crippen LogP contribution in [-0.2, 0) is 19.1 Å². The van der Waals surface area contributed by atoms with Crippen LogP contribution in [0.2, 0.25) is 0 Å². The average Bonchev–Trinajstić information content (AvgIpc) is 2.29. The minimum atomic E-state index is -0.260. The van der Waals surface area contributed by atoms with Crippen LogP contribution in [0.5, 0.6) is 0 Å². The maximum Gasteiger partial charge on any atom is 0.307 e. The number of esters is 2. The van der Waals surface area contributed by atoms with Gasteiger partial charge in [-0.2, -0.15) is 0 Å². The van der Waals surface area contributed by atoms with Gasteiger partial charge in [0.1, 0.15) is 12.2 Å². The second kappa shape index (κ2) is 8.73. The monoisotopic (exact) mass is 324 g/mol. The van der Waals surface area contributed by atoms with E-state index >= 15 is 0 Å². The van der Waals surface area contributed by atoms with Crippen LogP contribution in [0.15, 0.2) is 0 Å². The van der Waals surface area contributed by atoms with E-state index < -0.39 is 0 Å². The summed E-state index contributed by atoms with van der Waals surface area (Å²) in [5.41, 5.74) is 0. The Bertz CT molecular complexity index is 291. The maximum atomic E-state index is 11.5. The molecule has 1 fully saturated rings. The van der Waals surface area contributed by atoms with Crippen LogP contribution >= 0.6 is 23.2 Å². The van der Waals surface area contributed by atoms with Crippen molar-refractivity contribution in [3.8, 4) is 0 Å². The van der Waals surface area contributed by atoms with E-state index in [1.54, 1.807) is 13.8 Å². The van der Waals surface area contributed by atoms with Gasteiger partial charge >= 0.3 is 11.9 Å². The third kappa shape index (κ3) is 7.34. The molecule has 0 aromatic rings. The van der Waals surface area contributed by atoms with E-state index in [4.69, 9.17) is 32.7 Å². The highest BCUT2D eigenvalue weighted by molar-refractivity contribution is 6.21. The SMILES string of the molecule is CC(Cl)CC(=O)OC1CCC(OC(=O)CC(C)Cl)CC1. The largest absolute Gasteiger partial charge is 0.462 e. The van der Waals surface area contributed by atoms with Crippen LogP contribution in [-0.4, -0.2) is 34.9 Å². The summed E-state index contributed by atoms with van der Waals surface area (Å²) in [7, 11) is 0. The summed E-state index contributed by atoms with van der Waals surface area (Å²) in [4.78, 5) is 23.0. The van der Waals surface area contributed by atoms with Crippen LogP contribution in [0.3, 0.4) is 0 Å². The number of ether oxygens (including phenoxy) is 2. The predicted molar refractivity (Wildman–Crippen MR) is 78.1 cm³/mol. The highest BCUT2D eigenvalue weighted by Gasteiger charge is 2.26. The van der Waals surface area contributed by atoms with Crippen LogP contribution in [0.25, 0.3) is 0 Å². The summed E-state index contributed by atoms with van der Waals surface area (Å²) in [6.07, 6.45) is 3.16. The van der Waals surface area contributed by atoms with E-state index in [1.807, 2.05) is 0 Å². The van der Waals surface area contributed by atoms with Crippen molar-refractivity contribution in [1.29, 1.82) is 0 Å². The van der Waals surface area contributed by atoms with E-state index in [1.165, 1.54) is 0 Å². The van der Waals surface area contributed by atoms with Crippen LogP contribution in [0.1, 0.15) is 52.4 Å². The van der Waals surface area contributed by atoms with E-state index in [2.05, 4.69) is 0 Å². The van der Waals surface area contributed by atoms with Crippen molar-refractivity contribution in [1.82, 2.24) is 0 Å².